The number of nitrogens with zero attached hydrogens (tertiary/aromatic N) is 2. The first-order valence-corrected chi connectivity index (χ1v) is 7.09. The molecule has 3 rings (SSSR count). The van der Waals surface area contributed by atoms with Crippen LogP contribution >= 0.6 is 11.9 Å². The summed E-state index contributed by atoms with van der Waals surface area (Å²) in [5.74, 6) is -0.808. The van der Waals surface area contributed by atoms with Gasteiger partial charge < -0.3 is 10.6 Å². The summed E-state index contributed by atoms with van der Waals surface area (Å²) in [6, 6.07) is 7.63. The summed E-state index contributed by atoms with van der Waals surface area (Å²) in [7, 11) is 0. The van der Waals surface area contributed by atoms with E-state index >= 15 is 0 Å². The van der Waals surface area contributed by atoms with Crippen LogP contribution in [0.5, 0.6) is 0 Å². The number of nitrogens with one attached hydrogen (secondary N) is 2. The van der Waals surface area contributed by atoms with Crippen LogP contribution in [0.4, 0.5) is 14.5 Å². The molecule has 0 bridgehead atoms. The minimum atomic E-state index is -0.627. The number of anilines is 1. The van der Waals surface area contributed by atoms with Gasteiger partial charge in [0.15, 0.2) is 0 Å². The van der Waals surface area contributed by atoms with E-state index in [1.54, 1.807) is 6.20 Å². The van der Waals surface area contributed by atoms with Gasteiger partial charge in [0.25, 0.3) is 0 Å². The van der Waals surface area contributed by atoms with Crippen LogP contribution in [0.25, 0.3) is 0 Å². The number of rotatable bonds is 2. The third-order valence-electron chi connectivity index (χ3n) is 2.97. The van der Waals surface area contributed by atoms with E-state index < -0.39 is 11.6 Å². The number of fused-ring (bicyclic) bond motifs is 1. The smallest absolute Gasteiger partial charge is 0.208 e. The van der Waals surface area contributed by atoms with Crippen LogP contribution < -0.4 is 10.6 Å². The summed E-state index contributed by atoms with van der Waals surface area (Å²) in [5.41, 5.74) is 1.21. The highest BCUT2D eigenvalue weighted by atomic mass is 32.2. The van der Waals surface area contributed by atoms with E-state index in [0.717, 1.165) is 23.7 Å². The van der Waals surface area contributed by atoms with Crippen LogP contribution in [0.3, 0.4) is 0 Å². The lowest BCUT2D eigenvalue weighted by Crippen LogP contribution is -2.34. The molecular formula is C14H12F2N4S. The van der Waals surface area contributed by atoms with E-state index in [4.69, 9.17) is 0 Å². The largest absolute Gasteiger partial charge is 0.347 e. The van der Waals surface area contributed by atoms with Gasteiger partial charge in [0.1, 0.15) is 11.6 Å². The number of aromatic nitrogens is 1. The van der Waals surface area contributed by atoms with Crippen molar-refractivity contribution >= 4 is 23.6 Å². The molecule has 0 saturated carbocycles. The van der Waals surface area contributed by atoms with Crippen LogP contribution in [-0.2, 0) is 0 Å². The van der Waals surface area contributed by atoms with E-state index in [1.807, 2.05) is 25.1 Å². The molecule has 2 N–H and O–H groups in total. The quantitative estimate of drug-likeness (QED) is 0.834. The van der Waals surface area contributed by atoms with Crippen LogP contribution in [0, 0.1) is 11.6 Å². The maximum Gasteiger partial charge on any atom is 0.208 e. The van der Waals surface area contributed by atoms with E-state index in [1.165, 1.54) is 6.07 Å². The van der Waals surface area contributed by atoms with Gasteiger partial charge in [-0.3, -0.25) is 4.98 Å². The van der Waals surface area contributed by atoms with Crippen LogP contribution in [0.2, 0.25) is 0 Å². The molecule has 21 heavy (non-hydrogen) atoms. The number of hydrogen-bond donors (Lipinski definition) is 2. The highest BCUT2D eigenvalue weighted by molar-refractivity contribution is 7.98. The second-order valence-electron chi connectivity index (χ2n) is 4.54. The fraction of sp³-hybridized carbons (Fsp3) is 0.143. The van der Waals surface area contributed by atoms with Gasteiger partial charge in [-0.05, 0) is 25.1 Å². The Morgan fingerprint density at radius 3 is 2.90 bits per heavy atom. The summed E-state index contributed by atoms with van der Waals surface area (Å²) < 4.78 is 31.0. The second-order valence-corrected chi connectivity index (χ2v) is 5.31. The molecule has 108 valence electrons. The Kier molecular flexibility index (Phi) is 3.74. The fourth-order valence-electron chi connectivity index (χ4n) is 1.96. The zero-order chi connectivity index (χ0) is 14.8. The summed E-state index contributed by atoms with van der Waals surface area (Å²) in [5, 5.41) is 6.02. The maximum atomic E-state index is 13.6. The van der Waals surface area contributed by atoms with Crippen molar-refractivity contribution in [3.8, 4) is 0 Å². The first kappa shape index (κ1) is 13.8. The van der Waals surface area contributed by atoms with Crippen molar-refractivity contribution in [1.82, 2.24) is 10.3 Å². The van der Waals surface area contributed by atoms with Gasteiger partial charge in [-0.1, -0.05) is 6.07 Å². The maximum absolute atomic E-state index is 13.6. The van der Waals surface area contributed by atoms with E-state index in [-0.39, 0.29) is 10.9 Å². The summed E-state index contributed by atoms with van der Waals surface area (Å²) >= 11 is 0.970. The first-order valence-electron chi connectivity index (χ1n) is 6.32. The van der Waals surface area contributed by atoms with Crippen molar-refractivity contribution in [3.05, 3.63) is 53.9 Å². The Labute approximate surface area is 124 Å². The molecular weight excluding hydrogens is 294 g/mol. The molecule has 1 atom stereocenters. The normalized spacial score (nSPS) is 14.7. The third kappa shape index (κ3) is 2.97. The zero-order valence-corrected chi connectivity index (χ0v) is 11.9. The monoisotopic (exact) mass is 306 g/mol. The van der Waals surface area contributed by atoms with Crippen molar-refractivity contribution < 1.29 is 8.78 Å². The standard InChI is InChI=1S/C14H12F2N4S/c1-8(11-4-2-3-5-17-11)18-14-19-12-7-9(15)6-10(16)13(12)21-20-14/h2-8H,1H3,(H2,18,19,20). The van der Waals surface area contributed by atoms with Crippen LogP contribution in [-0.4, -0.2) is 10.9 Å². The SMILES string of the molecule is CC(NC1=NSc2c(F)cc(F)cc2N1)c1ccccn1. The molecule has 4 nitrogen and oxygen atoms in total. The molecule has 1 aromatic heterocycles. The summed E-state index contributed by atoms with van der Waals surface area (Å²) in [6.07, 6.45) is 1.71. The second kappa shape index (κ2) is 5.69. The van der Waals surface area contributed by atoms with Gasteiger partial charge in [-0.2, -0.15) is 4.40 Å². The number of halogens is 2. The molecule has 1 aliphatic rings. The summed E-state index contributed by atoms with van der Waals surface area (Å²) in [4.78, 5) is 4.53. The van der Waals surface area contributed by atoms with Gasteiger partial charge in [-0.15, -0.1) is 0 Å². The van der Waals surface area contributed by atoms with E-state index in [2.05, 4.69) is 20.0 Å². The van der Waals surface area contributed by atoms with Crippen LogP contribution in [0.1, 0.15) is 18.7 Å². The van der Waals surface area contributed by atoms with E-state index in [9.17, 15) is 8.78 Å². The number of pyridine rings is 1. The molecule has 1 unspecified atom stereocenters. The van der Waals surface area contributed by atoms with Crippen molar-refractivity contribution in [1.29, 1.82) is 0 Å². The van der Waals surface area contributed by atoms with Gasteiger partial charge >= 0.3 is 0 Å². The molecule has 0 spiro atoms. The Morgan fingerprint density at radius 2 is 2.14 bits per heavy atom. The lowest BCUT2D eigenvalue weighted by Gasteiger charge is -2.21. The predicted molar refractivity (Wildman–Crippen MR) is 79.1 cm³/mol. The van der Waals surface area contributed by atoms with Crippen molar-refractivity contribution in [3.63, 3.8) is 0 Å². The average molecular weight is 306 g/mol. The molecule has 0 fully saturated rings. The molecule has 2 aromatic rings. The van der Waals surface area contributed by atoms with Gasteiger partial charge in [0.2, 0.25) is 5.96 Å². The lowest BCUT2D eigenvalue weighted by molar-refractivity contribution is 0.567. The molecule has 1 aliphatic heterocycles. The van der Waals surface area contributed by atoms with Crippen molar-refractivity contribution in [2.45, 2.75) is 17.9 Å². The minimum Gasteiger partial charge on any atom is -0.347 e. The molecule has 7 heteroatoms. The molecule has 1 aromatic carbocycles. The van der Waals surface area contributed by atoms with E-state index in [0.29, 0.717) is 11.6 Å². The lowest BCUT2D eigenvalue weighted by atomic mass is 10.2. The average Bonchev–Trinajstić information content (AvgIpc) is 2.47. The zero-order valence-electron chi connectivity index (χ0n) is 11.1. The third-order valence-corrected chi connectivity index (χ3v) is 3.85. The van der Waals surface area contributed by atoms with Gasteiger partial charge in [-0.25, -0.2) is 8.78 Å². The predicted octanol–water partition coefficient (Wildman–Crippen LogP) is 3.50. The molecule has 2 heterocycles. The molecule has 0 amide bonds. The van der Waals surface area contributed by atoms with Crippen molar-refractivity contribution in [2.24, 2.45) is 4.40 Å². The Bertz CT molecular complexity index is 691. The van der Waals surface area contributed by atoms with Crippen LogP contribution in [0.15, 0.2) is 45.8 Å². The number of hydrogen-bond acceptors (Lipinski definition) is 5. The van der Waals surface area contributed by atoms with Crippen molar-refractivity contribution in [2.75, 3.05) is 5.32 Å². The first-order chi connectivity index (χ1) is 10.1. The Hall–Kier alpha value is -2.15. The fourth-order valence-corrected chi connectivity index (χ4v) is 2.60. The Balaban J connectivity index is 1.76. The minimum absolute atomic E-state index is 0.0852. The van der Waals surface area contributed by atoms with Gasteiger partial charge in [0, 0.05) is 24.2 Å². The highest BCUT2D eigenvalue weighted by Crippen LogP contribution is 2.34. The molecule has 0 aliphatic carbocycles. The van der Waals surface area contributed by atoms with Gasteiger partial charge in [0.05, 0.1) is 22.3 Å². The Morgan fingerprint density at radius 1 is 1.29 bits per heavy atom. The topological polar surface area (TPSA) is 49.3 Å². The molecule has 0 radical (unpaired) electrons. The highest BCUT2D eigenvalue weighted by Gasteiger charge is 2.19. The summed E-state index contributed by atoms with van der Waals surface area (Å²) in [6.45, 7) is 1.93. The molecule has 0 saturated heterocycles. The number of guanidine groups is 1. The number of benzene rings is 1.